The van der Waals surface area contributed by atoms with Crippen molar-refractivity contribution in [3.63, 3.8) is 0 Å². The van der Waals surface area contributed by atoms with Crippen LogP contribution in [0.3, 0.4) is 0 Å². The van der Waals surface area contributed by atoms with Gasteiger partial charge in [-0.1, -0.05) is 0 Å². The summed E-state index contributed by atoms with van der Waals surface area (Å²) >= 11 is 0. The lowest BCUT2D eigenvalue weighted by Gasteiger charge is -2.52. The average Bonchev–Trinajstić information content (AvgIpc) is 2.89. The first kappa shape index (κ1) is 14.6. The highest BCUT2D eigenvalue weighted by Gasteiger charge is 2.47. The Balaban J connectivity index is 1.52. The molecular weight excluding hydrogens is 292 g/mol. The van der Waals surface area contributed by atoms with E-state index < -0.39 is 10.0 Å². The van der Waals surface area contributed by atoms with E-state index in [1.807, 2.05) is 4.90 Å². The van der Waals surface area contributed by atoms with Crippen molar-refractivity contribution < 1.29 is 17.6 Å². The predicted octanol–water partition coefficient (Wildman–Crippen LogP) is 1.21. The van der Waals surface area contributed by atoms with E-state index in [2.05, 4.69) is 4.72 Å². The number of hydrogen-bond donors (Lipinski definition) is 1. The molecule has 0 bridgehead atoms. The van der Waals surface area contributed by atoms with Crippen LogP contribution in [0.15, 0.2) is 23.0 Å². The van der Waals surface area contributed by atoms with Crippen molar-refractivity contribution in [2.75, 3.05) is 19.3 Å². The zero-order chi connectivity index (χ0) is 15.1. The van der Waals surface area contributed by atoms with E-state index in [1.54, 1.807) is 6.07 Å². The van der Waals surface area contributed by atoms with Gasteiger partial charge in [0.2, 0.25) is 10.0 Å². The molecule has 7 heteroatoms. The minimum atomic E-state index is -3.12. The molecule has 1 amide bonds. The van der Waals surface area contributed by atoms with Crippen LogP contribution >= 0.6 is 0 Å². The van der Waals surface area contributed by atoms with Crippen LogP contribution in [0, 0.1) is 5.41 Å². The molecule has 2 fully saturated rings. The summed E-state index contributed by atoms with van der Waals surface area (Å²) in [5.41, 5.74) is 0.811. The molecule has 1 aliphatic carbocycles. The van der Waals surface area contributed by atoms with E-state index in [1.165, 1.54) is 18.8 Å². The zero-order valence-corrected chi connectivity index (χ0v) is 12.9. The highest BCUT2D eigenvalue weighted by Crippen LogP contribution is 2.49. The van der Waals surface area contributed by atoms with Crippen LogP contribution in [0.25, 0.3) is 0 Å². The third kappa shape index (κ3) is 3.13. The number of amides is 1. The van der Waals surface area contributed by atoms with E-state index in [9.17, 15) is 13.2 Å². The molecule has 1 aromatic rings. The van der Waals surface area contributed by atoms with Crippen LogP contribution in [0.5, 0.6) is 0 Å². The number of rotatable bonds is 3. The maximum absolute atomic E-state index is 12.2. The molecule has 0 unspecified atom stereocenters. The topological polar surface area (TPSA) is 79.6 Å². The maximum atomic E-state index is 12.2. The number of likely N-dealkylation sites (tertiary alicyclic amines) is 1. The first-order chi connectivity index (χ1) is 9.87. The molecule has 2 heterocycles. The summed E-state index contributed by atoms with van der Waals surface area (Å²) in [6, 6.07) is 1.75. The minimum absolute atomic E-state index is 0.0173. The number of nitrogens with zero attached hydrogens (tertiary/aromatic N) is 1. The van der Waals surface area contributed by atoms with Crippen molar-refractivity contribution in [1.29, 1.82) is 0 Å². The van der Waals surface area contributed by atoms with Gasteiger partial charge in [0.25, 0.3) is 5.91 Å². The molecule has 0 radical (unpaired) electrons. The van der Waals surface area contributed by atoms with Crippen molar-refractivity contribution in [3.8, 4) is 0 Å². The standard InChI is InChI=1S/C14H20N2O4S/c1-21(18,19)15-12-8-14(9-12)3-5-16(6-4-14)13(17)11-2-7-20-10-11/h2,7,10,12,15H,3-6,8-9H2,1H3. The highest BCUT2D eigenvalue weighted by atomic mass is 32.2. The Morgan fingerprint density at radius 1 is 1.38 bits per heavy atom. The second-order valence-corrected chi connectivity index (χ2v) is 8.08. The Morgan fingerprint density at radius 2 is 2.05 bits per heavy atom. The Morgan fingerprint density at radius 3 is 2.57 bits per heavy atom. The Kier molecular flexibility index (Phi) is 3.57. The SMILES string of the molecule is CS(=O)(=O)NC1CC2(CCN(C(=O)c3ccoc3)CC2)C1. The van der Waals surface area contributed by atoms with Crippen LogP contribution in [0.1, 0.15) is 36.0 Å². The minimum Gasteiger partial charge on any atom is -0.472 e. The third-order valence-corrected chi connectivity index (χ3v) is 5.38. The first-order valence-electron chi connectivity index (χ1n) is 7.16. The lowest BCUT2D eigenvalue weighted by atomic mass is 9.60. The highest BCUT2D eigenvalue weighted by molar-refractivity contribution is 7.88. The third-order valence-electron chi connectivity index (χ3n) is 4.62. The van der Waals surface area contributed by atoms with Gasteiger partial charge in [0.15, 0.2) is 0 Å². The molecule has 3 rings (SSSR count). The van der Waals surface area contributed by atoms with Crippen molar-refractivity contribution in [2.24, 2.45) is 5.41 Å². The summed E-state index contributed by atoms with van der Waals surface area (Å²) in [5.74, 6) is 0.0173. The van der Waals surface area contributed by atoms with Crippen molar-refractivity contribution >= 4 is 15.9 Å². The molecule has 0 atom stereocenters. The van der Waals surface area contributed by atoms with E-state index >= 15 is 0 Å². The van der Waals surface area contributed by atoms with E-state index in [-0.39, 0.29) is 17.4 Å². The van der Waals surface area contributed by atoms with Gasteiger partial charge in [-0.05, 0) is 37.2 Å². The normalized spacial score (nSPS) is 22.2. The molecule has 1 aromatic heterocycles. The summed E-state index contributed by atoms with van der Waals surface area (Å²) in [6.45, 7) is 1.46. The summed E-state index contributed by atoms with van der Waals surface area (Å²) in [7, 11) is -3.12. The number of carbonyl (C=O) groups excluding carboxylic acids is 1. The van der Waals surface area contributed by atoms with Gasteiger partial charge in [0.1, 0.15) is 6.26 Å². The second-order valence-electron chi connectivity index (χ2n) is 6.30. The first-order valence-corrected chi connectivity index (χ1v) is 9.05. The molecule has 21 heavy (non-hydrogen) atoms. The summed E-state index contributed by atoms with van der Waals surface area (Å²) in [6.07, 6.45) is 7.83. The monoisotopic (exact) mass is 312 g/mol. The number of hydrogen-bond acceptors (Lipinski definition) is 4. The summed E-state index contributed by atoms with van der Waals surface area (Å²) in [4.78, 5) is 14.1. The zero-order valence-electron chi connectivity index (χ0n) is 12.0. The molecule has 1 spiro atoms. The molecule has 6 nitrogen and oxygen atoms in total. The molecule has 0 aromatic carbocycles. The van der Waals surface area contributed by atoms with Crippen molar-refractivity contribution in [2.45, 2.75) is 31.7 Å². The van der Waals surface area contributed by atoms with E-state index in [0.717, 1.165) is 38.8 Å². The summed E-state index contributed by atoms with van der Waals surface area (Å²) < 4.78 is 30.0. The molecule has 116 valence electrons. The van der Waals surface area contributed by atoms with Gasteiger partial charge in [-0.2, -0.15) is 0 Å². The number of piperidine rings is 1. The fourth-order valence-electron chi connectivity index (χ4n) is 3.53. The van der Waals surface area contributed by atoms with Gasteiger partial charge < -0.3 is 9.32 Å². The van der Waals surface area contributed by atoms with Crippen LogP contribution < -0.4 is 4.72 Å². The van der Waals surface area contributed by atoms with E-state index in [0.29, 0.717) is 5.56 Å². The molecule has 1 aliphatic heterocycles. The van der Waals surface area contributed by atoms with Gasteiger partial charge in [-0.25, -0.2) is 13.1 Å². The van der Waals surface area contributed by atoms with Gasteiger partial charge >= 0.3 is 0 Å². The fourth-order valence-corrected chi connectivity index (χ4v) is 4.30. The molecule has 2 aliphatic rings. The Hall–Kier alpha value is -1.34. The smallest absolute Gasteiger partial charge is 0.257 e. The van der Waals surface area contributed by atoms with Crippen LogP contribution in [0.4, 0.5) is 0 Å². The van der Waals surface area contributed by atoms with Gasteiger partial charge in [-0.15, -0.1) is 0 Å². The van der Waals surface area contributed by atoms with Crippen molar-refractivity contribution in [1.82, 2.24) is 9.62 Å². The fraction of sp³-hybridized carbons (Fsp3) is 0.643. The number of furan rings is 1. The maximum Gasteiger partial charge on any atom is 0.257 e. The van der Waals surface area contributed by atoms with E-state index in [4.69, 9.17) is 4.42 Å². The molecule has 1 saturated carbocycles. The van der Waals surface area contributed by atoms with Gasteiger partial charge in [-0.3, -0.25) is 4.79 Å². The summed E-state index contributed by atoms with van der Waals surface area (Å²) in [5, 5.41) is 0. The van der Waals surface area contributed by atoms with Gasteiger partial charge in [0, 0.05) is 19.1 Å². The quantitative estimate of drug-likeness (QED) is 0.910. The Labute approximate surface area is 124 Å². The molecule has 1 saturated heterocycles. The van der Waals surface area contributed by atoms with Crippen LogP contribution in [-0.2, 0) is 10.0 Å². The number of sulfonamides is 1. The largest absolute Gasteiger partial charge is 0.472 e. The molecule has 1 N–H and O–H groups in total. The number of carbonyl (C=O) groups is 1. The van der Waals surface area contributed by atoms with Crippen molar-refractivity contribution in [3.05, 3.63) is 24.2 Å². The average molecular weight is 312 g/mol. The molecular formula is C14H20N2O4S. The lowest BCUT2D eigenvalue weighted by Crippen LogP contribution is -2.55. The van der Waals surface area contributed by atoms with Gasteiger partial charge in [0.05, 0.1) is 18.1 Å². The Bertz CT molecular complexity index is 607. The number of nitrogens with one attached hydrogen (secondary N) is 1. The van der Waals surface area contributed by atoms with Crippen LogP contribution in [-0.4, -0.2) is 44.6 Å². The van der Waals surface area contributed by atoms with Crippen LogP contribution in [0.2, 0.25) is 0 Å². The second kappa shape index (κ2) is 5.14. The lowest BCUT2D eigenvalue weighted by molar-refractivity contribution is 0.0138. The predicted molar refractivity (Wildman–Crippen MR) is 77.3 cm³/mol.